The molecular formula is C23H22ClN3O3S2. The number of piperidine rings is 1. The molecule has 0 saturated carbocycles. The number of imide groups is 1. The van der Waals surface area contributed by atoms with Gasteiger partial charge in [0.1, 0.15) is 11.9 Å². The van der Waals surface area contributed by atoms with Gasteiger partial charge in [-0.1, -0.05) is 23.4 Å². The van der Waals surface area contributed by atoms with Crippen LogP contribution in [0.5, 0.6) is 5.75 Å². The van der Waals surface area contributed by atoms with Crippen molar-refractivity contribution in [3.05, 3.63) is 45.9 Å². The fourth-order valence-electron chi connectivity index (χ4n) is 4.14. The summed E-state index contributed by atoms with van der Waals surface area (Å²) in [4.78, 5) is 30.8. The molecule has 5 rings (SSSR count). The van der Waals surface area contributed by atoms with Crippen molar-refractivity contribution in [3.8, 4) is 16.9 Å². The van der Waals surface area contributed by atoms with Gasteiger partial charge in [-0.05, 0) is 56.1 Å². The lowest BCUT2D eigenvalue weighted by Crippen LogP contribution is -2.37. The fraction of sp³-hybridized carbons (Fsp3) is 0.348. The van der Waals surface area contributed by atoms with E-state index in [-0.39, 0.29) is 29.5 Å². The van der Waals surface area contributed by atoms with Gasteiger partial charge in [-0.25, -0.2) is 0 Å². The summed E-state index contributed by atoms with van der Waals surface area (Å²) in [6.07, 6.45) is 3.99. The topological polar surface area (TPSA) is 71.5 Å². The van der Waals surface area contributed by atoms with Crippen LogP contribution in [-0.4, -0.2) is 46.0 Å². The van der Waals surface area contributed by atoms with E-state index in [1.54, 1.807) is 17.5 Å². The number of nitrogens with one attached hydrogen (secondary N) is 1. The summed E-state index contributed by atoms with van der Waals surface area (Å²) >= 11 is 9.05. The highest BCUT2D eigenvalue weighted by atomic mass is 35.5. The number of amides is 2. The molecule has 1 aromatic carbocycles. The van der Waals surface area contributed by atoms with E-state index in [1.165, 1.54) is 4.90 Å². The van der Waals surface area contributed by atoms with Crippen molar-refractivity contribution in [2.24, 2.45) is 0 Å². The molecule has 2 amide bonds. The number of hydrogen-bond donors (Lipinski definition) is 1. The molecule has 6 nitrogen and oxygen atoms in total. The van der Waals surface area contributed by atoms with Crippen molar-refractivity contribution < 1.29 is 14.3 Å². The van der Waals surface area contributed by atoms with Crippen LogP contribution in [0.25, 0.3) is 21.3 Å². The molecule has 0 bridgehead atoms. The predicted octanol–water partition coefficient (Wildman–Crippen LogP) is 5.25. The van der Waals surface area contributed by atoms with E-state index in [0.717, 1.165) is 75.2 Å². The molecule has 32 heavy (non-hydrogen) atoms. The molecule has 0 unspecified atom stereocenters. The number of rotatable bonds is 5. The second-order valence-electron chi connectivity index (χ2n) is 8.01. The Morgan fingerprint density at radius 3 is 2.91 bits per heavy atom. The number of thiophene rings is 1. The largest absolute Gasteiger partial charge is 0.488 e. The van der Waals surface area contributed by atoms with Gasteiger partial charge >= 0.3 is 0 Å². The molecule has 2 aromatic heterocycles. The molecule has 2 aliphatic rings. The number of carbonyl (C=O) groups excluding carboxylic acids is 2. The first-order chi connectivity index (χ1) is 15.5. The van der Waals surface area contributed by atoms with Crippen LogP contribution in [0.15, 0.2) is 30.5 Å². The molecule has 166 valence electrons. The first-order valence-corrected chi connectivity index (χ1v) is 12.7. The number of benzene rings is 1. The average Bonchev–Trinajstić information content (AvgIpc) is 3.34. The molecule has 0 spiro atoms. The van der Waals surface area contributed by atoms with Crippen molar-refractivity contribution in [2.75, 3.05) is 18.8 Å². The van der Waals surface area contributed by atoms with Crippen molar-refractivity contribution in [1.82, 2.24) is 15.2 Å². The van der Waals surface area contributed by atoms with Crippen LogP contribution in [0.1, 0.15) is 23.3 Å². The van der Waals surface area contributed by atoms with Gasteiger partial charge in [0.15, 0.2) is 0 Å². The van der Waals surface area contributed by atoms with Gasteiger partial charge in [0.05, 0.1) is 22.5 Å². The van der Waals surface area contributed by atoms with Gasteiger partial charge in [0.25, 0.3) is 5.24 Å². The standard InChI is InChI=1S/C23H22ClN3O3S2/c1-13-7-14(24)8-18(21(13)30-15-3-2-5-25-10-15)17-4-6-26-19-9-16(32-22(17)19)11-27-20(28)12-31-23(27)29/h4,6-9,15,25H,2-3,5,10-12H2,1H3/t15-/m0/s1. The smallest absolute Gasteiger partial charge is 0.289 e. The van der Waals surface area contributed by atoms with Crippen LogP contribution in [0, 0.1) is 6.92 Å². The van der Waals surface area contributed by atoms with E-state index in [1.807, 2.05) is 31.2 Å². The zero-order valence-electron chi connectivity index (χ0n) is 17.5. The van der Waals surface area contributed by atoms with Gasteiger partial charge in [-0.3, -0.25) is 19.5 Å². The van der Waals surface area contributed by atoms with Crippen molar-refractivity contribution in [3.63, 3.8) is 0 Å². The first kappa shape index (κ1) is 21.7. The molecule has 2 fully saturated rings. The number of nitrogens with zero attached hydrogens (tertiary/aromatic N) is 2. The summed E-state index contributed by atoms with van der Waals surface area (Å²) < 4.78 is 7.47. The van der Waals surface area contributed by atoms with Crippen molar-refractivity contribution in [2.45, 2.75) is 32.4 Å². The van der Waals surface area contributed by atoms with E-state index in [2.05, 4.69) is 10.3 Å². The predicted molar refractivity (Wildman–Crippen MR) is 130 cm³/mol. The van der Waals surface area contributed by atoms with Gasteiger partial charge in [0, 0.05) is 33.8 Å². The zero-order valence-corrected chi connectivity index (χ0v) is 19.9. The monoisotopic (exact) mass is 487 g/mol. The number of aryl methyl sites for hydroxylation is 1. The SMILES string of the molecule is Cc1cc(Cl)cc(-c2ccnc3cc(CN4C(=O)CSC4=O)sc23)c1O[C@H]1CCCNC1. The van der Waals surface area contributed by atoms with Gasteiger partial charge in [-0.2, -0.15) is 0 Å². The maximum Gasteiger partial charge on any atom is 0.289 e. The number of fused-ring (bicyclic) bond motifs is 1. The van der Waals surface area contributed by atoms with Crippen LogP contribution in [0.3, 0.4) is 0 Å². The first-order valence-electron chi connectivity index (χ1n) is 10.5. The van der Waals surface area contributed by atoms with Crippen LogP contribution in [0.4, 0.5) is 4.79 Å². The quantitative estimate of drug-likeness (QED) is 0.530. The number of hydrogen-bond acceptors (Lipinski definition) is 7. The third-order valence-corrected chi connectivity index (χ3v) is 7.90. The number of pyridine rings is 1. The fourth-order valence-corrected chi connectivity index (χ4v) is 6.27. The summed E-state index contributed by atoms with van der Waals surface area (Å²) in [6, 6.07) is 7.80. The van der Waals surface area contributed by atoms with Crippen LogP contribution in [0.2, 0.25) is 5.02 Å². The molecule has 0 radical (unpaired) electrons. The molecule has 2 saturated heterocycles. The maximum atomic E-state index is 12.0. The summed E-state index contributed by atoms with van der Waals surface area (Å²) in [5, 5.41) is 3.86. The molecule has 2 aliphatic heterocycles. The molecule has 1 N–H and O–H groups in total. The Labute approximate surface area is 199 Å². The third-order valence-electron chi connectivity index (χ3n) is 5.68. The Balaban J connectivity index is 1.55. The van der Waals surface area contributed by atoms with Crippen molar-refractivity contribution >= 4 is 56.1 Å². The van der Waals surface area contributed by atoms with E-state index in [4.69, 9.17) is 16.3 Å². The second-order valence-corrected chi connectivity index (χ2v) is 10.5. The highest BCUT2D eigenvalue weighted by Crippen LogP contribution is 2.42. The Hall–Kier alpha value is -2.13. The number of thioether (sulfide) groups is 1. The number of ether oxygens (including phenoxy) is 1. The van der Waals surface area contributed by atoms with Crippen LogP contribution in [-0.2, 0) is 11.3 Å². The molecule has 9 heteroatoms. The van der Waals surface area contributed by atoms with E-state index < -0.39 is 0 Å². The lowest BCUT2D eigenvalue weighted by Gasteiger charge is -2.26. The minimum Gasteiger partial charge on any atom is -0.488 e. The lowest BCUT2D eigenvalue weighted by molar-refractivity contribution is -0.124. The van der Waals surface area contributed by atoms with Crippen molar-refractivity contribution in [1.29, 1.82) is 0 Å². The summed E-state index contributed by atoms with van der Waals surface area (Å²) in [5.41, 5.74) is 3.75. The van der Waals surface area contributed by atoms with Gasteiger partial charge < -0.3 is 10.1 Å². The van der Waals surface area contributed by atoms with E-state index >= 15 is 0 Å². The molecule has 4 heterocycles. The maximum absolute atomic E-state index is 12.0. The van der Waals surface area contributed by atoms with E-state index in [0.29, 0.717) is 5.02 Å². The minimum atomic E-state index is -0.192. The second kappa shape index (κ2) is 9.02. The highest BCUT2D eigenvalue weighted by Gasteiger charge is 2.30. The lowest BCUT2D eigenvalue weighted by atomic mass is 10.0. The number of halogens is 1. The molecule has 0 aliphatic carbocycles. The van der Waals surface area contributed by atoms with Crippen LogP contribution >= 0.6 is 34.7 Å². The summed E-state index contributed by atoms with van der Waals surface area (Å²) in [6.45, 7) is 4.14. The molecular weight excluding hydrogens is 466 g/mol. The number of aromatic nitrogens is 1. The number of carbonyl (C=O) groups is 2. The Morgan fingerprint density at radius 2 is 2.16 bits per heavy atom. The van der Waals surface area contributed by atoms with Gasteiger partial charge in [0.2, 0.25) is 5.91 Å². The Bertz CT molecular complexity index is 1190. The highest BCUT2D eigenvalue weighted by molar-refractivity contribution is 8.14. The molecule has 1 atom stereocenters. The van der Waals surface area contributed by atoms with Crippen LogP contribution < -0.4 is 10.1 Å². The van der Waals surface area contributed by atoms with Gasteiger partial charge in [-0.15, -0.1) is 11.3 Å². The summed E-state index contributed by atoms with van der Waals surface area (Å²) in [7, 11) is 0. The Morgan fingerprint density at radius 1 is 1.28 bits per heavy atom. The Kier molecular flexibility index (Phi) is 6.11. The zero-order chi connectivity index (χ0) is 22.2. The average molecular weight is 488 g/mol. The minimum absolute atomic E-state index is 0.114. The summed E-state index contributed by atoms with van der Waals surface area (Å²) in [5.74, 6) is 0.908. The third kappa shape index (κ3) is 4.24. The molecule has 3 aromatic rings. The van der Waals surface area contributed by atoms with E-state index in [9.17, 15) is 9.59 Å². The normalized spacial score (nSPS) is 19.2.